The highest BCUT2D eigenvalue weighted by Gasteiger charge is 2.40. The lowest BCUT2D eigenvalue weighted by molar-refractivity contribution is -0.147. The quantitative estimate of drug-likeness (QED) is 0.289. The van der Waals surface area contributed by atoms with Gasteiger partial charge in [0, 0.05) is 6.54 Å². The summed E-state index contributed by atoms with van der Waals surface area (Å²) in [5.74, 6) is -4.92. The van der Waals surface area contributed by atoms with Crippen LogP contribution in [-0.2, 0) is 30.4 Å². The summed E-state index contributed by atoms with van der Waals surface area (Å²) >= 11 is 0. The maximum absolute atomic E-state index is 13.2. The number of likely N-dealkylation sites (tertiary alicyclic amines) is 1. The molecule has 186 valence electrons. The standard InChI is InChI=1S/C23H32N4O7/c1-13(2)19(23(33)34)26-21(31)17-9-6-10-27(17)22(32)16(12-18(28)29)25-20(30)15(24)11-14-7-4-3-5-8-14/h3-5,7-8,13,15-17,19H,6,9-12,24H2,1-2H3,(H,25,30)(H,26,31)(H,28,29)(H,33,34). The first-order chi connectivity index (χ1) is 16.0. The summed E-state index contributed by atoms with van der Waals surface area (Å²) in [7, 11) is 0. The second kappa shape index (κ2) is 12.1. The number of nitrogens with two attached hydrogens (primary N) is 1. The number of benzene rings is 1. The van der Waals surface area contributed by atoms with Gasteiger partial charge in [-0.05, 0) is 30.7 Å². The van der Waals surface area contributed by atoms with E-state index in [4.69, 9.17) is 5.73 Å². The topological polar surface area (TPSA) is 179 Å². The maximum atomic E-state index is 13.2. The number of aliphatic carboxylic acids is 2. The van der Waals surface area contributed by atoms with Crippen LogP contribution in [0.25, 0.3) is 0 Å². The number of carbonyl (C=O) groups is 5. The molecule has 0 radical (unpaired) electrons. The number of carboxylic acids is 2. The average Bonchev–Trinajstić information content (AvgIpc) is 3.26. The van der Waals surface area contributed by atoms with Crippen LogP contribution in [0, 0.1) is 5.92 Å². The van der Waals surface area contributed by atoms with Crippen LogP contribution < -0.4 is 16.4 Å². The third-order valence-electron chi connectivity index (χ3n) is 5.70. The van der Waals surface area contributed by atoms with Crippen molar-refractivity contribution in [2.75, 3.05) is 6.54 Å². The Morgan fingerprint density at radius 3 is 2.29 bits per heavy atom. The Morgan fingerprint density at radius 2 is 1.74 bits per heavy atom. The van der Waals surface area contributed by atoms with E-state index in [1.165, 1.54) is 4.90 Å². The first kappa shape index (κ1) is 26.8. The Hall–Kier alpha value is -3.47. The number of nitrogens with zero attached hydrogens (tertiary/aromatic N) is 1. The molecule has 1 aromatic rings. The molecule has 1 aromatic carbocycles. The van der Waals surface area contributed by atoms with Gasteiger partial charge in [-0.25, -0.2) is 4.79 Å². The molecule has 34 heavy (non-hydrogen) atoms. The van der Waals surface area contributed by atoms with Crippen molar-refractivity contribution < 1.29 is 34.2 Å². The van der Waals surface area contributed by atoms with E-state index in [1.54, 1.807) is 38.1 Å². The zero-order chi connectivity index (χ0) is 25.4. The molecule has 3 amide bonds. The monoisotopic (exact) mass is 476 g/mol. The fraction of sp³-hybridized carbons (Fsp3) is 0.522. The predicted molar refractivity (Wildman–Crippen MR) is 121 cm³/mol. The smallest absolute Gasteiger partial charge is 0.326 e. The molecule has 0 spiro atoms. The molecule has 0 aromatic heterocycles. The van der Waals surface area contributed by atoms with E-state index in [1.807, 2.05) is 6.07 Å². The van der Waals surface area contributed by atoms with Crippen LogP contribution in [0.1, 0.15) is 38.7 Å². The molecular weight excluding hydrogens is 444 g/mol. The van der Waals surface area contributed by atoms with E-state index >= 15 is 0 Å². The molecule has 1 aliphatic heterocycles. The number of hydrogen-bond donors (Lipinski definition) is 5. The van der Waals surface area contributed by atoms with Crippen molar-refractivity contribution in [3.63, 3.8) is 0 Å². The molecule has 6 N–H and O–H groups in total. The number of hydrogen-bond acceptors (Lipinski definition) is 6. The molecule has 1 saturated heterocycles. The van der Waals surface area contributed by atoms with Gasteiger partial charge in [-0.2, -0.15) is 0 Å². The summed E-state index contributed by atoms with van der Waals surface area (Å²) in [6.07, 6.45) is 0.284. The van der Waals surface area contributed by atoms with Crippen LogP contribution >= 0.6 is 0 Å². The fourth-order valence-electron chi connectivity index (χ4n) is 3.88. The zero-order valence-electron chi connectivity index (χ0n) is 19.3. The van der Waals surface area contributed by atoms with Gasteiger partial charge >= 0.3 is 11.9 Å². The Morgan fingerprint density at radius 1 is 1.09 bits per heavy atom. The molecule has 11 nitrogen and oxygen atoms in total. The van der Waals surface area contributed by atoms with E-state index in [9.17, 15) is 34.2 Å². The minimum Gasteiger partial charge on any atom is -0.481 e. The van der Waals surface area contributed by atoms with Crippen LogP contribution in [0.4, 0.5) is 0 Å². The van der Waals surface area contributed by atoms with Gasteiger partial charge in [0.05, 0.1) is 12.5 Å². The van der Waals surface area contributed by atoms with E-state index in [0.717, 1.165) is 5.56 Å². The van der Waals surface area contributed by atoms with Crippen molar-refractivity contribution >= 4 is 29.7 Å². The van der Waals surface area contributed by atoms with Crippen molar-refractivity contribution in [3.8, 4) is 0 Å². The number of rotatable bonds is 11. The normalized spacial score (nSPS) is 18.1. The third kappa shape index (κ3) is 7.27. The predicted octanol–water partition coefficient (Wildman–Crippen LogP) is -0.268. The highest BCUT2D eigenvalue weighted by atomic mass is 16.4. The third-order valence-corrected chi connectivity index (χ3v) is 5.70. The van der Waals surface area contributed by atoms with Gasteiger partial charge in [0.15, 0.2) is 0 Å². The fourth-order valence-corrected chi connectivity index (χ4v) is 3.88. The zero-order valence-corrected chi connectivity index (χ0v) is 19.3. The summed E-state index contributed by atoms with van der Waals surface area (Å²) in [6, 6.07) is 4.48. The molecule has 1 aliphatic rings. The van der Waals surface area contributed by atoms with Crippen LogP contribution in [-0.4, -0.2) is 75.5 Å². The highest BCUT2D eigenvalue weighted by Crippen LogP contribution is 2.20. The molecular formula is C23H32N4O7. The SMILES string of the molecule is CC(C)C(NC(=O)C1CCCN1C(=O)C(CC(=O)O)NC(=O)C(N)Cc1ccccc1)C(=O)O. The van der Waals surface area contributed by atoms with Crippen molar-refractivity contribution in [1.82, 2.24) is 15.5 Å². The van der Waals surface area contributed by atoms with Gasteiger partial charge in [-0.15, -0.1) is 0 Å². The minimum atomic E-state index is -1.42. The molecule has 11 heteroatoms. The van der Waals surface area contributed by atoms with Gasteiger partial charge in [0.2, 0.25) is 17.7 Å². The van der Waals surface area contributed by atoms with Gasteiger partial charge in [-0.1, -0.05) is 44.2 Å². The van der Waals surface area contributed by atoms with Crippen LogP contribution in [0.15, 0.2) is 30.3 Å². The van der Waals surface area contributed by atoms with E-state index in [2.05, 4.69) is 10.6 Å². The lowest BCUT2D eigenvalue weighted by Gasteiger charge is -2.30. The number of carbonyl (C=O) groups excluding carboxylic acids is 3. The van der Waals surface area contributed by atoms with E-state index in [0.29, 0.717) is 12.8 Å². The highest BCUT2D eigenvalue weighted by molar-refractivity contribution is 5.96. The van der Waals surface area contributed by atoms with E-state index in [-0.39, 0.29) is 18.9 Å². The Kier molecular flexibility index (Phi) is 9.55. The summed E-state index contributed by atoms with van der Waals surface area (Å²) in [4.78, 5) is 62.6. The van der Waals surface area contributed by atoms with Crippen LogP contribution in [0.5, 0.6) is 0 Å². The molecule has 0 saturated carbocycles. The van der Waals surface area contributed by atoms with Crippen molar-refractivity contribution in [2.45, 2.75) is 63.7 Å². The van der Waals surface area contributed by atoms with Crippen LogP contribution in [0.3, 0.4) is 0 Å². The van der Waals surface area contributed by atoms with Crippen molar-refractivity contribution in [3.05, 3.63) is 35.9 Å². The van der Waals surface area contributed by atoms with Crippen molar-refractivity contribution in [1.29, 1.82) is 0 Å². The summed E-state index contributed by atoms with van der Waals surface area (Å²) in [5, 5.41) is 23.5. The molecule has 4 unspecified atom stereocenters. The molecule has 4 atom stereocenters. The second-order valence-electron chi connectivity index (χ2n) is 8.71. The number of amides is 3. The Balaban J connectivity index is 2.11. The maximum Gasteiger partial charge on any atom is 0.326 e. The summed E-state index contributed by atoms with van der Waals surface area (Å²) in [6.45, 7) is 3.47. The molecule has 0 bridgehead atoms. The molecule has 1 heterocycles. The summed E-state index contributed by atoms with van der Waals surface area (Å²) in [5.41, 5.74) is 6.77. The second-order valence-corrected chi connectivity index (χ2v) is 8.71. The van der Waals surface area contributed by atoms with Crippen LogP contribution in [0.2, 0.25) is 0 Å². The number of carboxylic acid groups (broad SMARTS) is 2. The van der Waals surface area contributed by atoms with Gasteiger partial charge in [0.25, 0.3) is 0 Å². The van der Waals surface area contributed by atoms with Crippen molar-refractivity contribution in [2.24, 2.45) is 11.7 Å². The van der Waals surface area contributed by atoms with Gasteiger partial charge < -0.3 is 31.5 Å². The Labute approximate surface area is 197 Å². The lowest BCUT2D eigenvalue weighted by Crippen LogP contribution is -2.57. The molecule has 1 fully saturated rings. The lowest BCUT2D eigenvalue weighted by atomic mass is 10.0. The minimum absolute atomic E-state index is 0.179. The Bertz CT molecular complexity index is 906. The molecule has 0 aliphatic carbocycles. The summed E-state index contributed by atoms with van der Waals surface area (Å²) < 4.78 is 0. The first-order valence-corrected chi connectivity index (χ1v) is 11.2. The number of nitrogens with one attached hydrogen (secondary N) is 2. The largest absolute Gasteiger partial charge is 0.481 e. The molecule has 2 rings (SSSR count). The van der Waals surface area contributed by atoms with E-state index < -0.39 is 60.2 Å². The van der Waals surface area contributed by atoms with Gasteiger partial charge in [-0.3, -0.25) is 19.2 Å². The first-order valence-electron chi connectivity index (χ1n) is 11.2. The van der Waals surface area contributed by atoms with Gasteiger partial charge in [0.1, 0.15) is 18.1 Å². The average molecular weight is 477 g/mol.